The summed E-state index contributed by atoms with van der Waals surface area (Å²) in [6, 6.07) is 0.0456. The van der Waals surface area contributed by atoms with Crippen molar-refractivity contribution in [3.63, 3.8) is 0 Å². The van der Waals surface area contributed by atoms with Crippen molar-refractivity contribution in [3.05, 3.63) is 32.6 Å². The van der Waals surface area contributed by atoms with Gasteiger partial charge < -0.3 is 9.80 Å². The predicted molar refractivity (Wildman–Crippen MR) is 96.0 cm³/mol. The molecule has 25 heavy (non-hydrogen) atoms. The first-order valence-corrected chi connectivity index (χ1v) is 9.42. The molecule has 1 aromatic heterocycles. The number of carbonyl (C=O) groups is 1. The lowest BCUT2D eigenvalue weighted by molar-refractivity contribution is 0.0542. The van der Waals surface area contributed by atoms with Crippen molar-refractivity contribution >= 4 is 5.91 Å². The Morgan fingerprint density at radius 1 is 1.20 bits per heavy atom. The number of aromatic amines is 1. The molecule has 0 aromatic carbocycles. The first kappa shape index (κ1) is 17.9. The van der Waals surface area contributed by atoms with Crippen LogP contribution >= 0.6 is 0 Å². The number of amides is 1. The van der Waals surface area contributed by atoms with E-state index in [2.05, 4.69) is 9.88 Å². The Morgan fingerprint density at radius 2 is 1.84 bits per heavy atom. The molecule has 0 aliphatic carbocycles. The van der Waals surface area contributed by atoms with E-state index >= 15 is 0 Å². The van der Waals surface area contributed by atoms with E-state index in [0.29, 0.717) is 19.0 Å². The fraction of sp³-hybridized carbons (Fsp3) is 0.722. The standard InChI is InChI=1S/C18H28N4O3/c1-3-7-21(8-4-2)17(24)14-11-22(18(25)19-16(14)23)15-12-20-9-5-13(15)6-10-20/h11,13,15H,3-10,12H2,1-2H3,(H,19,23,25). The van der Waals surface area contributed by atoms with Gasteiger partial charge in [-0.1, -0.05) is 13.8 Å². The van der Waals surface area contributed by atoms with Crippen molar-refractivity contribution in [1.29, 1.82) is 0 Å². The lowest BCUT2D eigenvalue weighted by atomic mass is 9.84. The molecule has 3 fully saturated rings. The average molecular weight is 348 g/mol. The molecule has 1 aromatic rings. The Labute approximate surface area is 147 Å². The number of nitrogens with zero attached hydrogens (tertiary/aromatic N) is 3. The number of rotatable bonds is 6. The highest BCUT2D eigenvalue weighted by Crippen LogP contribution is 2.34. The molecule has 3 saturated heterocycles. The van der Waals surface area contributed by atoms with Crippen LogP contribution in [0, 0.1) is 5.92 Å². The highest BCUT2D eigenvalue weighted by Gasteiger charge is 2.36. The molecule has 1 amide bonds. The summed E-state index contributed by atoms with van der Waals surface area (Å²) in [6.07, 6.45) is 5.31. The summed E-state index contributed by atoms with van der Waals surface area (Å²) in [5.74, 6) is 0.166. The first-order valence-electron chi connectivity index (χ1n) is 9.42. The molecular weight excluding hydrogens is 320 g/mol. The maximum absolute atomic E-state index is 12.8. The number of hydrogen-bond acceptors (Lipinski definition) is 4. The molecule has 1 N–H and O–H groups in total. The molecule has 2 bridgehead atoms. The molecule has 1 atom stereocenters. The molecule has 0 radical (unpaired) electrons. The highest BCUT2D eigenvalue weighted by molar-refractivity contribution is 5.93. The number of H-pyrrole nitrogens is 1. The van der Waals surface area contributed by atoms with Gasteiger partial charge in [0.1, 0.15) is 5.56 Å². The van der Waals surface area contributed by atoms with E-state index in [1.54, 1.807) is 9.47 Å². The van der Waals surface area contributed by atoms with Gasteiger partial charge in [-0.25, -0.2) is 4.79 Å². The zero-order valence-corrected chi connectivity index (χ0v) is 15.2. The third-order valence-corrected chi connectivity index (χ3v) is 5.45. The van der Waals surface area contributed by atoms with Crippen LogP contribution in [-0.2, 0) is 0 Å². The van der Waals surface area contributed by atoms with Crippen LogP contribution in [0.2, 0.25) is 0 Å². The molecule has 4 rings (SSSR count). The third-order valence-electron chi connectivity index (χ3n) is 5.45. The molecule has 7 nitrogen and oxygen atoms in total. The Hall–Kier alpha value is -1.89. The average Bonchev–Trinajstić information content (AvgIpc) is 2.62. The monoisotopic (exact) mass is 348 g/mol. The van der Waals surface area contributed by atoms with Gasteiger partial charge in [-0.2, -0.15) is 0 Å². The zero-order chi connectivity index (χ0) is 18.0. The van der Waals surface area contributed by atoms with Crippen LogP contribution in [0.4, 0.5) is 0 Å². The van der Waals surface area contributed by atoms with Crippen LogP contribution in [0.25, 0.3) is 0 Å². The van der Waals surface area contributed by atoms with Gasteiger partial charge in [-0.05, 0) is 44.7 Å². The number of aromatic nitrogens is 2. The van der Waals surface area contributed by atoms with Crippen molar-refractivity contribution in [3.8, 4) is 0 Å². The molecule has 138 valence electrons. The van der Waals surface area contributed by atoms with Crippen LogP contribution in [0.3, 0.4) is 0 Å². The number of fused-ring (bicyclic) bond motifs is 3. The number of hydrogen-bond donors (Lipinski definition) is 1. The van der Waals surface area contributed by atoms with E-state index in [1.165, 1.54) is 6.20 Å². The Kier molecular flexibility index (Phi) is 5.42. The molecule has 3 aliphatic heterocycles. The molecular formula is C18H28N4O3. The highest BCUT2D eigenvalue weighted by atomic mass is 16.2. The van der Waals surface area contributed by atoms with Gasteiger partial charge >= 0.3 is 5.69 Å². The van der Waals surface area contributed by atoms with Crippen molar-refractivity contribution in [2.75, 3.05) is 32.7 Å². The Morgan fingerprint density at radius 3 is 2.36 bits per heavy atom. The zero-order valence-electron chi connectivity index (χ0n) is 15.2. The fourth-order valence-corrected chi connectivity index (χ4v) is 4.16. The number of piperidine rings is 3. The topological polar surface area (TPSA) is 78.4 Å². The second kappa shape index (κ2) is 7.56. The van der Waals surface area contributed by atoms with Crippen molar-refractivity contribution in [1.82, 2.24) is 19.4 Å². The summed E-state index contributed by atoms with van der Waals surface area (Å²) in [5.41, 5.74) is -0.902. The second-order valence-corrected chi connectivity index (χ2v) is 7.21. The van der Waals surface area contributed by atoms with Gasteiger partial charge in [0, 0.05) is 25.8 Å². The fourth-order valence-electron chi connectivity index (χ4n) is 4.16. The largest absolute Gasteiger partial charge is 0.338 e. The molecule has 4 heterocycles. The van der Waals surface area contributed by atoms with E-state index in [-0.39, 0.29) is 17.5 Å². The van der Waals surface area contributed by atoms with Gasteiger partial charge in [0.05, 0.1) is 6.04 Å². The summed E-state index contributed by atoms with van der Waals surface area (Å²) in [6.45, 7) is 8.22. The van der Waals surface area contributed by atoms with Gasteiger partial charge in [-0.3, -0.25) is 19.1 Å². The van der Waals surface area contributed by atoms with Gasteiger partial charge in [0.2, 0.25) is 0 Å². The van der Waals surface area contributed by atoms with Crippen molar-refractivity contribution < 1.29 is 4.79 Å². The van der Waals surface area contributed by atoms with E-state index in [0.717, 1.165) is 45.3 Å². The van der Waals surface area contributed by atoms with Gasteiger partial charge in [0.25, 0.3) is 11.5 Å². The van der Waals surface area contributed by atoms with Gasteiger partial charge in [0.15, 0.2) is 0 Å². The first-order chi connectivity index (χ1) is 12.0. The maximum atomic E-state index is 12.8. The third kappa shape index (κ3) is 3.56. The molecule has 0 spiro atoms. The lowest BCUT2D eigenvalue weighted by Crippen LogP contribution is -2.51. The van der Waals surface area contributed by atoms with Crippen LogP contribution < -0.4 is 11.2 Å². The van der Waals surface area contributed by atoms with E-state index in [9.17, 15) is 14.4 Å². The molecule has 0 saturated carbocycles. The van der Waals surface area contributed by atoms with Crippen LogP contribution in [-0.4, -0.2) is 58.0 Å². The van der Waals surface area contributed by atoms with Crippen LogP contribution in [0.15, 0.2) is 15.8 Å². The lowest BCUT2D eigenvalue weighted by Gasteiger charge is -2.45. The maximum Gasteiger partial charge on any atom is 0.328 e. The van der Waals surface area contributed by atoms with Gasteiger partial charge in [-0.15, -0.1) is 0 Å². The summed E-state index contributed by atoms with van der Waals surface area (Å²) < 4.78 is 1.60. The summed E-state index contributed by atoms with van der Waals surface area (Å²) in [4.78, 5) is 43.9. The van der Waals surface area contributed by atoms with Crippen LogP contribution in [0.5, 0.6) is 0 Å². The van der Waals surface area contributed by atoms with E-state index in [1.807, 2.05) is 13.8 Å². The normalized spacial score (nSPS) is 25.1. The smallest absolute Gasteiger partial charge is 0.328 e. The molecule has 3 aliphatic rings. The minimum Gasteiger partial charge on any atom is -0.338 e. The summed E-state index contributed by atoms with van der Waals surface area (Å²) in [7, 11) is 0. The molecule has 7 heteroatoms. The predicted octanol–water partition coefficient (Wildman–Crippen LogP) is 1.07. The van der Waals surface area contributed by atoms with Crippen molar-refractivity contribution in [2.24, 2.45) is 5.92 Å². The summed E-state index contributed by atoms with van der Waals surface area (Å²) in [5, 5.41) is 0. The Bertz CT molecular complexity index is 725. The molecule has 1 unspecified atom stereocenters. The number of nitrogens with one attached hydrogen (secondary N) is 1. The van der Waals surface area contributed by atoms with E-state index in [4.69, 9.17) is 0 Å². The SMILES string of the molecule is CCCN(CCC)C(=O)c1cn(C2CN3CCC2CC3)c(=O)[nH]c1=O. The minimum absolute atomic E-state index is 0.0456. The minimum atomic E-state index is -0.579. The van der Waals surface area contributed by atoms with Crippen LogP contribution in [0.1, 0.15) is 55.9 Å². The van der Waals surface area contributed by atoms with E-state index < -0.39 is 11.2 Å². The second-order valence-electron chi connectivity index (χ2n) is 7.21. The quantitative estimate of drug-likeness (QED) is 0.834. The Balaban J connectivity index is 1.94. The number of carbonyl (C=O) groups excluding carboxylic acids is 1. The summed E-state index contributed by atoms with van der Waals surface area (Å²) >= 11 is 0. The van der Waals surface area contributed by atoms with Crippen molar-refractivity contribution in [2.45, 2.75) is 45.6 Å².